The van der Waals surface area contributed by atoms with E-state index in [1.807, 2.05) is 37.9 Å². The topological polar surface area (TPSA) is 70.0 Å². The zero-order chi connectivity index (χ0) is 14.6. The van der Waals surface area contributed by atoms with Gasteiger partial charge in [-0.1, -0.05) is 6.07 Å². The van der Waals surface area contributed by atoms with Gasteiger partial charge in [0.15, 0.2) is 0 Å². The van der Waals surface area contributed by atoms with Crippen LogP contribution in [0.3, 0.4) is 0 Å². The van der Waals surface area contributed by atoms with Crippen molar-refractivity contribution in [3.8, 4) is 5.75 Å². The Morgan fingerprint density at radius 1 is 1.42 bits per heavy atom. The van der Waals surface area contributed by atoms with Crippen molar-refractivity contribution in [2.75, 3.05) is 25.6 Å². The fourth-order valence-corrected chi connectivity index (χ4v) is 2.24. The number of benzene rings is 1. The minimum absolute atomic E-state index is 0.243. The Morgan fingerprint density at radius 3 is 2.58 bits per heavy atom. The lowest BCUT2D eigenvalue weighted by molar-refractivity contribution is -0.139. The van der Waals surface area contributed by atoms with Gasteiger partial charge in [0, 0.05) is 13.6 Å². The van der Waals surface area contributed by atoms with E-state index in [9.17, 15) is 9.90 Å². The molecular formula is C14H21NO4. The van der Waals surface area contributed by atoms with E-state index in [2.05, 4.69) is 0 Å². The normalized spacial score (nSPS) is 12.1. The number of hydrogen-bond acceptors (Lipinski definition) is 4. The molecule has 0 aliphatic rings. The summed E-state index contributed by atoms with van der Waals surface area (Å²) in [5, 5.41) is 18.4. The van der Waals surface area contributed by atoms with Crippen LogP contribution in [0, 0.1) is 13.8 Å². The number of likely N-dealkylation sites (N-methyl/N-ethyl adjacent to an activating group) is 1. The Morgan fingerprint density at radius 2 is 2.05 bits per heavy atom. The van der Waals surface area contributed by atoms with Gasteiger partial charge in [0.2, 0.25) is 0 Å². The maximum Gasteiger partial charge on any atom is 0.306 e. The number of rotatable bonds is 6. The van der Waals surface area contributed by atoms with Gasteiger partial charge in [-0.25, -0.2) is 0 Å². The van der Waals surface area contributed by atoms with E-state index >= 15 is 0 Å². The van der Waals surface area contributed by atoms with Crippen molar-refractivity contribution in [2.24, 2.45) is 0 Å². The fraction of sp³-hybridized carbons (Fsp3) is 0.500. The third kappa shape index (κ3) is 4.13. The minimum Gasteiger partial charge on any atom is -0.495 e. The van der Waals surface area contributed by atoms with Crippen LogP contribution >= 0.6 is 0 Å². The summed E-state index contributed by atoms with van der Waals surface area (Å²) in [7, 11) is 3.41. The van der Waals surface area contributed by atoms with Gasteiger partial charge >= 0.3 is 5.97 Å². The number of ether oxygens (including phenoxy) is 1. The number of aliphatic carboxylic acids is 1. The van der Waals surface area contributed by atoms with Gasteiger partial charge in [-0.05, 0) is 31.0 Å². The number of nitrogens with zero attached hydrogens (tertiary/aromatic N) is 1. The second-order valence-corrected chi connectivity index (χ2v) is 4.76. The third-order valence-corrected chi connectivity index (χ3v) is 2.91. The average molecular weight is 267 g/mol. The number of anilines is 1. The van der Waals surface area contributed by atoms with Gasteiger partial charge in [-0.2, -0.15) is 0 Å². The molecule has 1 aromatic rings. The van der Waals surface area contributed by atoms with Gasteiger partial charge in [0.25, 0.3) is 0 Å². The summed E-state index contributed by atoms with van der Waals surface area (Å²) < 4.78 is 5.35. The van der Waals surface area contributed by atoms with Crippen LogP contribution in [0.4, 0.5) is 5.69 Å². The molecule has 0 spiro atoms. The molecule has 1 unspecified atom stereocenters. The number of aliphatic hydroxyl groups excluding tert-OH is 1. The first-order valence-corrected chi connectivity index (χ1v) is 6.11. The van der Waals surface area contributed by atoms with E-state index in [1.54, 1.807) is 7.11 Å². The first kappa shape index (κ1) is 15.3. The molecule has 0 amide bonds. The first-order valence-electron chi connectivity index (χ1n) is 6.11. The standard InChI is InChI=1S/C14H21NO4/c1-9-5-10(2)14(12(6-9)19-4)15(3)8-11(16)7-13(17)18/h5-6,11,16H,7-8H2,1-4H3,(H,17,18). The van der Waals surface area contributed by atoms with Gasteiger partial charge in [0.1, 0.15) is 5.75 Å². The Bertz CT molecular complexity index is 459. The van der Waals surface area contributed by atoms with Gasteiger partial charge in [-0.3, -0.25) is 4.79 Å². The Labute approximate surface area is 113 Å². The van der Waals surface area contributed by atoms with E-state index in [0.717, 1.165) is 22.6 Å². The zero-order valence-electron chi connectivity index (χ0n) is 11.8. The van der Waals surface area contributed by atoms with Crippen molar-refractivity contribution in [1.82, 2.24) is 0 Å². The summed E-state index contributed by atoms with van der Waals surface area (Å²) in [6.45, 7) is 4.19. The second-order valence-electron chi connectivity index (χ2n) is 4.76. The SMILES string of the molecule is COc1cc(C)cc(C)c1N(C)CC(O)CC(=O)O. The maximum atomic E-state index is 10.6. The van der Waals surface area contributed by atoms with Crippen LogP contribution in [-0.2, 0) is 4.79 Å². The highest BCUT2D eigenvalue weighted by Gasteiger charge is 2.17. The van der Waals surface area contributed by atoms with Crippen LogP contribution in [-0.4, -0.2) is 43.0 Å². The maximum absolute atomic E-state index is 10.6. The van der Waals surface area contributed by atoms with Crippen LogP contribution in [0.1, 0.15) is 17.5 Å². The van der Waals surface area contributed by atoms with Gasteiger partial charge in [-0.15, -0.1) is 0 Å². The quantitative estimate of drug-likeness (QED) is 0.819. The number of carboxylic acids is 1. The van der Waals surface area contributed by atoms with E-state index in [1.165, 1.54) is 0 Å². The highest BCUT2D eigenvalue weighted by molar-refractivity contribution is 5.68. The third-order valence-electron chi connectivity index (χ3n) is 2.91. The number of methoxy groups -OCH3 is 1. The van der Waals surface area contributed by atoms with Crippen LogP contribution < -0.4 is 9.64 Å². The largest absolute Gasteiger partial charge is 0.495 e. The zero-order valence-corrected chi connectivity index (χ0v) is 11.8. The van der Waals surface area contributed by atoms with E-state index in [0.29, 0.717) is 0 Å². The Balaban J connectivity index is 2.92. The number of aliphatic hydroxyl groups is 1. The molecule has 0 heterocycles. The highest BCUT2D eigenvalue weighted by Crippen LogP contribution is 2.32. The Hall–Kier alpha value is -1.75. The molecule has 0 aliphatic carbocycles. The molecule has 106 valence electrons. The Kier molecular flexibility index (Phi) is 5.18. The summed E-state index contributed by atoms with van der Waals surface area (Å²) in [5.41, 5.74) is 3.00. The predicted octanol–water partition coefficient (Wildman–Crippen LogP) is 1.58. The van der Waals surface area contributed by atoms with Gasteiger partial charge < -0.3 is 19.8 Å². The molecule has 5 nitrogen and oxygen atoms in total. The smallest absolute Gasteiger partial charge is 0.306 e. The lowest BCUT2D eigenvalue weighted by atomic mass is 10.1. The fourth-order valence-electron chi connectivity index (χ4n) is 2.24. The molecule has 1 aromatic carbocycles. The molecule has 0 radical (unpaired) electrons. The molecule has 0 bridgehead atoms. The van der Waals surface area contributed by atoms with Crippen molar-refractivity contribution in [2.45, 2.75) is 26.4 Å². The summed E-state index contributed by atoms with van der Waals surface area (Å²) in [6, 6.07) is 3.94. The summed E-state index contributed by atoms with van der Waals surface area (Å²) >= 11 is 0. The molecule has 0 saturated carbocycles. The first-order chi connectivity index (χ1) is 8.85. The second kappa shape index (κ2) is 6.43. The van der Waals surface area contributed by atoms with Crippen molar-refractivity contribution in [3.05, 3.63) is 23.3 Å². The molecule has 2 N–H and O–H groups in total. The molecule has 19 heavy (non-hydrogen) atoms. The van der Waals surface area contributed by atoms with E-state index in [-0.39, 0.29) is 13.0 Å². The molecule has 5 heteroatoms. The number of aryl methyl sites for hydroxylation is 2. The van der Waals surface area contributed by atoms with Crippen LogP contribution in [0.5, 0.6) is 5.75 Å². The number of hydrogen-bond donors (Lipinski definition) is 2. The van der Waals surface area contributed by atoms with Crippen molar-refractivity contribution < 1.29 is 19.7 Å². The van der Waals surface area contributed by atoms with E-state index < -0.39 is 12.1 Å². The highest BCUT2D eigenvalue weighted by atomic mass is 16.5. The van der Waals surface area contributed by atoms with Crippen molar-refractivity contribution in [3.63, 3.8) is 0 Å². The van der Waals surface area contributed by atoms with Crippen molar-refractivity contribution >= 4 is 11.7 Å². The lowest BCUT2D eigenvalue weighted by Gasteiger charge is -2.26. The number of carboxylic acid groups (broad SMARTS) is 1. The molecule has 0 aliphatic heterocycles. The van der Waals surface area contributed by atoms with E-state index in [4.69, 9.17) is 9.84 Å². The number of carbonyl (C=O) groups is 1. The molecule has 1 rings (SSSR count). The van der Waals surface area contributed by atoms with Crippen LogP contribution in [0.25, 0.3) is 0 Å². The summed E-state index contributed by atoms with van der Waals surface area (Å²) in [5.74, 6) is -0.281. The molecular weight excluding hydrogens is 246 g/mol. The van der Waals surface area contributed by atoms with Crippen LogP contribution in [0.2, 0.25) is 0 Å². The van der Waals surface area contributed by atoms with Crippen LogP contribution in [0.15, 0.2) is 12.1 Å². The summed E-state index contributed by atoms with van der Waals surface area (Å²) in [4.78, 5) is 12.4. The molecule has 0 fully saturated rings. The monoisotopic (exact) mass is 267 g/mol. The lowest BCUT2D eigenvalue weighted by Crippen LogP contribution is -2.31. The molecule has 0 aromatic heterocycles. The van der Waals surface area contributed by atoms with Crippen molar-refractivity contribution in [1.29, 1.82) is 0 Å². The van der Waals surface area contributed by atoms with Gasteiger partial charge in [0.05, 0.1) is 25.3 Å². The minimum atomic E-state index is -1.01. The predicted molar refractivity (Wildman–Crippen MR) is 74.0 cm³/mol. The molecule has 0 saturated heterocycles. The average Bonchev–Trinajstić information content (AvgIpc) is 2.25. The summed E-state index contributed by atoms with van der Waals surface area (Å²) in [6.07, 6.45) is -1.18. The molecule has 1 atom stereocenters.